The Hall–Kier alpha value is -6.57. The number of hydrogen-bond donors (Lipinski definition) is 5. The number of nitrogens with one attached hydrogen (secondary N) is 4. The average molecular weight is 726 g/mol. The normalized spacial score (nSPS) is 12.7. The molecule has 0 unspecified atom stereocenters. The lowest BCUT2D eigenvalue weighted by Gasteiger charge is -2.19. The minimum atomic E-state index is -4.56. The van der Waals surface area contributed by atoms with E-state index in [1.54, 1.807) is 31.4 Å². The number of ether oxygens (including phenoxy) is 1. The number of H-pyrrole nitrogens is 2. The number of nitrogens with zero attached hydrogens (tertiary/aromatic N) is 1. The van der Waals surface area contributed by atoms with E-state index in [4.69, 9.17) is 4.74 Å². The van der Waals surface area contributed by atoms with Crippen molar-refractivity contribution < 1.29 is 32.6 Å². The summed E-state index contributed by atoms with van der Waals surface area (Å²) in [5, 5.41) is 15.4. The van der Waals surface area contributed by atoms with Crippen molar-refractivity contribution >= 4 is 50.7 Å². The van der Waals surface area contributed by atoms with Gasteiger partial charge in [0, 0.05) is 53.8 Å². The van der Waals surface area contributed by atoms with Crippen molar-refractivity contribution in [3.63, 3.8) is 0 Å². The Morgan fingerprint density at radius 3 is 2.13 bits per heavy atom. The van der Waals surface area contributed by atoms with Crippen molar-refractivity contribution in [2.24, 2.45) is 0 Å². The molecular formula is C39H34F3N5O6. The first kappa shape index (κ1) is 36.2. The molecule has 0 radical (unpaired) electrons. The molecule has 0 saturated carbocycles. The molecule has 0 bridgehead atoms. The number of pyridine rings is 2. The second-order valence-corrected chi connectivity index (χ2v) is 12.3. The quantitative estimate of drug-likeness (QED) is 0.122. The van der Waals surface area contributed by atoms with Crippen molar-refractivity contribution in [1.82, 2.24) is 9.97 Å². The van der Waals surface area contributed by atoms with Gasteiger partial charge >= 0.3 is 6.18 Å². The highest BCUT2D eigenvalue weighted by atomic mass is 19.4. The van der Waals surface area contributed by atoms with Crippen LogP contribution in [-0.2, 0) is 6.18 Å². The summed E-state index contributed by atoms with van der Waals surface area (Å²) in [6, 6.07) is 20.2. The zero-order chi connectivity index (χ0) is 37.9. The van der Waals surface area contributed by atoms with Gasteiger partial charge in [0.1, 0.15) is 22.6 Å². The highest BCUT2D eigenvalue weighted by Crippen LogP contribution is 2.33. The third kappa shape index (κ3) is 7.71. The zero-order valence-corrected chi connectivity index (χ0v) is 28.6. The molecule has 6 aromatic rings. The maximum atomic E-state index is 12.8. The van der Waals surface area contributed by atoms with Crippen LogP contribution in [0.1, 0.15) is 44.7 Å². The topological polar surface area (TPSA) is 157 Å². The molecule has 2 amide bonds. The smallest absolute Gasteiger partial charge is 0.416 e. The Bertz CT molecular complexity index is 2470. The van der Waals surface area contributed by atoms with E-state index in [9.17, 15) is 37.5 Å². The van der Waals surface area contributed by atoms with Gasteiger partial charge in [0.15, 0.2) is 0 Å². The van der Waals surface area contributed by atoms with Gasteiger partial charge in [-0.25, -0.2) is 0 Å². The maximum absolute atomic E-state index is 12.8. The fourth-order valence-corrected chi connectivity index (χ4v) is 6.02. The maximum Gasteiger partial charge on any atom is 0.416 e. The SMILES string of the molecule is COc1cc(N2CCCC2)ccc1NC(=O)c1c[nH]c2ccccc2c1=O.Cc1ccc(C(F)(F)F)cc1NC(=O)c1c[nH]c2cccc(O)c2c1=O. The third-order valence-corrected chi connectivity index (χ3v) is 8.88. The van der Waals surface area contributed by atoms with E-state index in [0.717, 1.165) is 37.1 Å². The monoisotopic (exact) mass is 725 g/mol. The number of aryl methyl sites for hydroxylation is 1. The average Bonchev–Trinajstić information content (AvgIpc) is 3.68. The Balaban J connectivity index is 0.000000182. The minimum Gasteiger partial charge on any atom is -0.507 e. The summed E-state index contributed by atoms with van der Waals surface area (Å²) in [5.74, 6) is -1.06. The minimum absolute atomic E-state index is 0.0541. The molecule has 4 aromatic carbocycles. The van der Waals surface area contributed by atoms with Gasteiger partial charge in [0.25, 0.3) is 11.8 Å². The molecule has 1 aliphatic heterocycles. The molecule has 0 spiro atoms. The van der Waals surface area contributed by atoms with Gasteiger partial charge in [0.2, 0.25) is 10.9 Å². The number of hydrogen-bond acceptors (Lipinski definition) is 7. The van der Waals surface area contributed by atoms with Gasteiger partial charge in [0.05, 0.1) is 29.3 Å². The van der Waals surface area contributed by atoms with Crippen LogP contribution in [0.4, 0.5) is 30.2 Å². The van der Waals surface area contributed by atoms with Crippen molar-refractivity contribution in [3.8, 4) is 11.5 Å². The number of aromatic nitrogens is 2. The van der Waals surface area contributed by atoms with E-state index in [1.165, 1.54) is 44.2 Å². The first-order chi connectivity index (χ1) is 25.3. The van der Waals surface area contributed by atoms with Crippen LogP contribution >= 0.6 is 0 Å². The Kier molecular flexibility index (Phi) is 10.2. The van der Waals surface area contributed by atoms with Crippen LogP contribution in [0.5, 0.6) is 11.5 Å². The third-order valence-electron chi connectivity index (χ3n) is 8.88. The number of benzene rings is 4. The number of aromatic hydroxyl groups is 1. The van der Waals surface area contributed by atoms with Crippen LogP contribution in [0.2, 0.25) is 0 Å². The van der Waals surface area contributed by atoms with E-state index in [2.05, 4.69) is 25.5 Å². The van der Waals surface area contributed by atoms with E-state index in [0.29, 0.717) is 33.4 Å². The summed E-state index contributed by atoms with van der Waals surface area (Å²) < 4.78 is 44.0. The van der Waals surface area contributed by atoms with E-state index < -0.39 is 29.0 Å². The molecule has 2 aromatic heterocycles. The van der Waals surface area contributed by atoms with Crippen LogP contribution < -0.4 is 31.1 Å². The largest absolute Gasteiger partial charge is 0.507 e. The number of carbonyl (C=O) groups excluding carboxylic acids is 2. The Morgan fingerprint density at radius 1 is 0.792 bits per heavy atom. The van der Waals surface area contributed by atoms with Gasteiger partial charge < -0.3 is 35.3 Å². The molecular weight excluding hydrogens is 691 g/mol. The number of fused-ring (bicyclic) bond motifs is 2. The van der Waals surface area contributed by atoms with Gasteiger partial charge in [-0.2, -0.15) is 13.2 Å². The summed E-state index contributed by atoms with van der Waals surface area (Å²) in [7, 11) is 1.57. The highest BCUT2D eigenvalue weighted by molar-refractivity contribution is 6.07. The van der Waals surface area contributed by atoms with Crippen LogP contribution in [0, 0.1) is 6.92 Å². The summed E-state index contributed by atoms with van der Waals surface area (Å²) in [5.41, 5.74) is 0.817. The lowest BCUT2D eigenvalue weighted by atomic mass is 10.1. The van der Waals surface area contributed by atoms with Crippen molar-refractivity contribution in [2.75, 3.05) is 35.7 Å². The number of anilines is 3. The molecule has 1 saturated heterocycles. The number of halogens is 3. The molecule has 0 aliphatic carbocycles. The van der Waals surface area contributed by atoms with Crippen LogP contribution in [0.15, 0.2) is 101 Å². The summed E-state index contributed by atoms with van der Waals surface area (Å²) in [4.78, 5) is 58.2. The zero-order valence-electron chi connectivity index (χ0n) is 28.6. The summed E-state index contributed by atoms with van der Waals surface area (Å²) >= 11 is 0. The number of amides is 2. The summed E-state index contributed by atoms with van der Waals surface area (Å²) in [6.45, 7) is 3.59. The van der Waals surface area contributed by atoms with Gasteiger partial charge in [-0.05, 0) is 73.9 Å². The number of aromatic amines is 2. The predicted molar refractivity (Wildman–Crippen MR) is 197 cm³/mol. The van der Waals surface area contributed by atoms with Crippen LogP contribution in [0.3, 0.4) is 0 Å². The molecule has 14 heteroatoms. The molecule has 11 nitrogen and oxygen atoms in total. The molecule has 0 atom stereocenters. The number of methoxy groups -OCH3 is 1. The lowest BCUT2D eigenvalue weighted by molar-refractivity contribution is -0.137. The molecule has 3 heterocycles. The molecule has 7 rings (SSSR count). The van der Waals surface area contributed by atoms with Gasteiger partial charge in [-0.3, -0.25) is 19.2 Å². The Labute approximate surface area is 300 Å². The molecule has 1 aliphatic rings. The number of phenolic OH excluding ortho intramolecular Hbond substituents is 1. The highest BCUT2D eigenvalue weighted by Gasteiger charge is 2.31. The van der Waals surface area contributed by atoms with E-state index >= 15 is 0 Å². The van der Waals surface area contributed by atoms with Crippen LogP contribution in [-0.4, -0.2) is 47.1 Å². The van der Waals surface area contributed by atoms with E-state index in [-0.39, 0.29) is 33.4 Å². The number of phenols is 1. The molecule has 53 heavy (non-hydrogen) atoms. The van der Waals surface area contributed by atoms with E-state index in [1.807, 2.05) is 24.3 Å². The van der Waals surface area contributed by atoms with Gasteiger partial charge in [-0.15, -0.1) is 0 Å². The van der Waals surface area contributed by atoms with Gasteiger partial charge in [-0.1, -0.05) is 24.3 Å². The molecule has 1 fully saturated rings. The standard InChI is InChI=1S/C21H21N3O3.C18H13F3N2O3/c1-27-19-12-14(24-10-4-5-11-24)8-9-18(19)23-21(26)16-13-22-17-7-3-2-6-15(17)20(16)25;1-9-5-6-10(18(19,20)21)7-13(9)23-17(26)11-8-22-12-3-2-4-14(24)15(12)16(11)25/h2-3,6-9,12-13H,4-5,10-11H2,1H3,(H,22,25)(H,23,26);2-8,24H,1H3,(H,22,25)(H,23,26). The second kappa shape index (κ2) is 15.0. The lowest BCUT2D eigenvalue weighted by Crippen LogP contribution is -2.22. The van der Waals surface area contributed by atoms with Crippen molar-refractivity contribution in [3.05, 3.63) is 134 Å². The molecule has 272 valence electrons. The van der Waals surface area contributed by atoms with Crippen molar-refractivity contribution in [2.45, 2.75) is 25.9 Å². The Morgan fingerprint density at radius 2 is 1.43 bits per heavy atom. The first-order valence-electron chi connectivity index (χ1n) is 16.5. The van der Waals surface area contributed by atoms with Crippen LogP contribution in [0.25, 0.3) is 21.8 Å². The number of para-hydroxylation sites is 1. The fraction of sp³-hybridized carbons (Fsp3) is 0.179. The first-order valence-corrected chi connectivity index (χ1v) is 16.5. The second-order valence-electron chi connectivity index (χ2n) is 12.3. The number of carbonyl (C=O) groups is 2. The molecule has 5 N–H and O–H groups in total. The van der Waals surface area contributed by atoms with Crippen molar-refractivity contribution in [1.29, 1.82) is 0 Å². The predicted octanol–water partition coefficient (Wildman–Crippen LogP) is 7.20. The summed E-state index contributed by atoms with van der Waals surface area (Å²) in [6.07, 6.45) is 0.421. The number of rotatable bonds is 6. The number of alkyl halides is 3. The fourth-order valence-electron chi connectivity index (χ4n) is 6.02.